The van der Waals surface area contributed by atoms with E-state index < -0.39 is 0 Å². The van der Waals surface area contributed by atoms with E-state index in [4.69, 9.17) is 10.5 Å². The molecule has 0 saturated carbocycles. The Hall–Kier alpha value is -1.54. The summed E-state index contributed by atoms with van der Waals surface area (Å²) in [5.41, 5.74) is 7.93. The topological polar surface area (TPSA) is 35.2 Å². The van der Waals surface area contributed by atoms with Gasteiger partial charge in [-0.2, -0.15) is 0 Å². The number of nitrogens with two attached hydrogens (primary N) is 1. The molecule has 2 N–H and O–H groups in total. The van der Waals surface area contributed by atoms with Gasteiger partial charge in [-0.3, -0.25) is 0 Å². The molecule has 0 bridgehead atoms. The van der Waals surface area contributed by atoms with Crippen molar-refractivity contribution in [1.29, 1.82) is 0 Å². The summed E-state index contributed by atoms with van der Waals surface area (Å²) >= 11 is 0. The van der Waals surface area contributed by atoms with E-state index in [0.29, 0.717) is 0 Å². The van der Waals surface area contributed by atoms with E-state index in [2.05, 4.69) is 6.07 Å². The molecule has 2 aromatic carbocycles. The monoisotopic (exact) mass is 201 g/mol. The van der Waals surface area contributed by atoms with E-state index in [1.807, 2.05) is 37.3 Å². The second-order valence-corrected chi connectivity index (χ2v) is 3.67. The Bertz CT molecular complexity index is 479. The van der Waals surface area contributed by atoms with Crippen LogP contribution in [-0.4, -0.2) is 7.11 Å². The summed E-state index contributed by atoms with van der Waals surface area (Å²) in [6.45, 7) is 2.04. The van der Waals surface area contributed by atoms with Crippen LogP contribution in [0, 0.1) is 0 Å². The number of hydrogen-bond acceptors (Lipinski definition) is 2. The van der Waals surface area contributed by atoms with Gasteiger partial charge in [-0.25, -0.2) is 0 Å². The number of hydrogen-bond donors (Lipinski definition) is 1. The number of nitrogen functional groups attached to an aromatic ring is 1. The summed E-state index contributed by atoms with van der Waals surface area (Å²) in [6, 6.07) is 12.1. The molecule has 2 heteroatoms. The first-order valence-corrected chi connectivity index (χ1v) is 5.04. The lowest BCUT2D eigenvalue weighted by Gasteiger charge is -2.14. The summed E-state index contributed by atoms with van der Waals surface area (Å²) in [7, 11) is 1.72. The minimum atomic E-state index is 0.0931. The third kappa shape index (κ3) is 1.68. The summed E-state index contributed by atoms with van der Waals surface area (Å²) < 4.78 is 5.34. The normalized spacial score (nSPS) is 12.9. The summed E-state index contributed by atoms with van der Waals surface area (Å²) in [5, 5.41) is 2.27. The lowest BCUT2D eigenvalue weighted by molar-refractivity contribution is 0.121. The molecule has 1 atom stereocenters. The molecule has 0 spiro atoms. The van der Waals surface area contributed by atoms with Gasteiger partial charge in [0.05, 0.1) is 6.10 Å². The fourth-order valence-electron chi connectivity index (χ4n) is 1.83. The van der Waals surface area contributed by atoms with Gasteiger partial charge < -0.3 is 10.5 Å². The molecule has 0 heterocycles. The smallest absolute Gasteiger partial charge is 0.0799 e. The van der Waals surface area contributed by atoms with E-state index in [1.54, 1.807) is 7.11 Å². The highest BCUT2D eigenvalue weighted by Crippen LogP contribution is 2.29. The molecule has 15 heavy (non-hydrogen) atoms. The molecule has 0 radical (unpaired) electrons. The summed E-state index contributed by atoms with van der Waals surface area (Å²) in [4.78, 5) is 0. The first kappa shape index (κ1) is 9.99. The van der Waals surface area contributed by atoms with Crippen molar-refractivity contribution in [3.05, 3.63) is 42.0 Å². The van der Waals surface area contributed by atoms with Crippen LogP contribution in [0.25, 0.3) is 10.8 Å². The second kappa shape index (κ2) is 3.91. The fourth-order valence-corrected chi connectivity index (χ4v) is 1.83. The maximum Gasteiger partial charge on any atom is 0.0799 e. The maximum atomic E-state index is 5.93. The second-order valence-electron chi connectivity index (χ2n) is 3.67. The van der Waals surface area contributed by atoms with E-state index in [1.165, 1.54) is 10.9 Å². The Kier molecular flexibility index (Phi) is 2.60. The molecular formula is C13H15NO. The first-order chi connectivity index (χ1) is 7.24. The fraction of sp³-hybridized carbons (Fsp3) is 0.231. The van der Waals surface area contributed by atoms with Gasteiger partial charge in [-0.05, 0) is 23.9 Å². The van der Waals surface area contributed by atoms with Crippen LogP contribution in [0.3, 0.4) is 0 Å². The molecule has 0 aromatic heterocycles. The van der Waals surface area contributed by atoms with Crippen molar-refractivity contribution in [1.82, 2.24) is 0 Å². The zero-order valence-corrected chi connectivity index (χ0v) is 9.03. The molecule has 0 saturated heterocycles. The molecule has 0 aliphatic carbocycles. The number of ether oxygens (including phenoxy) is 1. The Morgan fingerprint density at radius 3 is 2.40 bits per heavy atom. The lowest BCUT2D eigenvalue weighted by Crippen LogP contribution is -1.98. The molecule has 0 amide bonds. The van der Waals surface area contributed by atoms with Crippen molar-refractivity contribution in [3.63, 3.8) is 0 Å². The van der Waals surface area contributed by atoms with Crippen LogP contribution in [0.15, 0.2) is 36.4 Å². The minimum absolute atomic E-state index is 0.0931. The number of methoxy groups -OCH3 is 1. The Balaban J connectivity index is 2.71. The molecule has 0 aliphatic heterocycles. The standard InChI is InChI=1S/C13H15NO/c1-9(15-2)10-7-8-13(14)12-6-4-3-5-11(10)12/h3-9H,14H2,1-2H3. The van der Waals surface area contributed by atoms with Crippen molar-refractivity contribution < 1.29 is 4.74 Å². The van der Waals surface area contributed by atoms with Crippen molar-refractivity contribution in [2.75, 3.05) is 12.8 Å². The van der Waals surface area contributed by atoms with Gasteiger partial charge in [0.1, 0.15) is 0 Å². The van der Waals surface area contributed by atoms with Gasteiger partial charge in [-0.1, -0.05) is 30.3 Å². The largest absolute Gasteiger partial charge is 0.398 e. The van der Waals surface area contributed by atoms with Gasteiger partial charge in [0.25, 0.3) is 0 Å². The zero-order chi connectivity index (χ0) is 10.8. The minimum Gasteiger partial charge on any atom is -0.398 e. The maximum absolute atomic E-state index is 5.93. The highest BCUT2D eigenvalue weighted by molar-refractivity contribution is 5.95. The zero-order valence-electron chi connectivity index (χ0n) is 9.03. The number of benzene rings is 2. The van der Waals surface area contributed by atoms with Crippen molar-refractivity contribution in [3.8, 4) is 0 Å². The predicted octanol–water partition coefficient (Wildman–Crippen LogP) is 3.13. The van der Waals surface area contributed by atoms with E-state index in [0.717, 1.165) is 11.1 Å². The molecular weight excluding hydrogens is 186 g/mol. The van der Waals surface area contributed by atoms with Crippen LogP contribution in [-0.2, 0) is 4.74 Å². The number of fused-ring (bicyclic) bond motifs is 1. The molecule has 2 nitrogen and oxygen atoms in total. The highest BCUT2D eigenvalue weighted by atomic mass is 16.5. The highest BCUT2D eigenvalue weighted by Gasteiger charge is 2.09. The number of anilines is 1. The third-order valence-electron chi connectivity index (χ3n) is 2.78. The van der Waals surface area contributed by atoms with Crippen LogP contribution in [0.1, 0.15) is 18.6 Å². The Morgan fingerprint density at radius 1 is 1.07 bits per heavy atom. The SMILES string of the molecule is COC(C)c1ccc(N)c2ccccc12. The van der Waals surface area contributed by atoms with Gasteiger partial charge >= 0.3 is 0 Å². The predicted molar refractivity (Wildman–Crippen MR) is 63.8 cm³/mol. The molecule has 0 aliphatic rings. The van der Waals surface area contributed by atoms with E-state index in [-0.39, 0.29) is 6.10 Å². The Morgan fingerprint density at radius 2 is 1.73 bits per heavy atom. The molecule has 0 fully saturated rings. The van der Waals surface area contributed by atoms with E-state index >= 15 is 0 Å². The average molecular weight is 201 g/mol. The molecule has 2 aromatic rings. The van der Waals surface area contributed by atoms with Crippen LogP contribution < -0.4 is 5.73 Å². The van der Waals surface area contributed by atoms with Gasteiger partial charge in [0.15, 0.2) is 0 Å². The average Bonchev–Trinajstić information content (AvgIpc) is 2.29. The quantitative estimate of drug-likeness (QED) is 0.757. The summed E-state index contributed by atoms with van der Waals surface area (Å²) in [5.74, 6) is 0. The van der Waals surface area contributed by atoms with Crippen molar-refractivity contribution >= 4 is 16.5 Å². The third-order valence-corrected chi connectivity index (χ3v) is 2.78. The molecule has 1 unspecified atom stereocenters. The molecule has 2 rings (SSSR count). The van der Waals surface area contributed by atoms with Crippen LogP contribution in [0.4, 0.5) is 5.69 Å². The summed E-state index contributed by atoms with van der Waals surface area (Å²) in [6.07, 6.45) is 0.0931. The Labute approximate surface area is 89.7 Å². The van der Waals surface area contributed by atoms with Gasteiger partial charge in [-0.15, -0.1) is 0 Å². The van der Waals surface area contributed by atoms with Gasteiger partial charge in [0, 0.05) is 18.2 Å². The lowest BCUT2D eigenvalue weighted by atomic mass is 10.00. The van der Waals surface area contributed by atoms with Crippen molar-refractivity contribution in [2.45, 2.75) is 13.0 Å². The van der Waals surface area contributed by atoms with Crippen LogP contribution in [0.5, 0.6) is 0 Å². The van der Waals surface area contributed by atoms with Crippen LogP contribution >= 0.6 is 0 Å². The van der Waals surface area contributed by atoms with E-state index in [9.17, 15) is 0 Å². The van der Waals surface area contributed by atoms with Crippen LogP contribution in [0.2, 0.25) is 0 Å². The first-order valence-electron chi connectivity index (χ1n) is 5.04. The van der Waals surface area contributed by atoms with Crippen molar-refractivity contribution in [2.24, 2.45) is 0 Å². The van der Waals surface area contributed by atoms with Gasteiger partial charge in [0.2, 0.25) is 0 Å². The molecule has 78 valence electrons. The number of rotatable bonds is 2.